The standard InChI is InChI=1S/C11H11N3O4/c1-2-5-12-7-11(16)13-9-4-3-8(15)6-10(9)14(17)18/h1,3-4,6,12,15H,5,7H2,(H,13,16). The third kappa shape index (κ3) is 3.77. The van der Waals surface area contributed by atoms with Gasteiger partial charge in [-0.1, -0.05) is 5.92 Å². The van der Waals surface area contributed by atoms with Gasteiger partial charge >= 0.3 is 0 Å². The molecule has 0 atom stereocenters. The average molecular weight is 249 g/mol. The van der Waals surface area contributed by atoms with Gasteiger partial charge in [-0.05, 0) is 12.1 Å². The number of carbonyl (C=O) groups excluding carboxylic acids is 1. The van der Waals surface area contributed by atoms with E-state index in [0.717, 1.165) is 6.07 Å². The van der Waals surface area contributed by atoms with Crippen LogP contribution in [0.15, 0.2) is 18.2 Å². The van der Waals surface area contributed by atoms with E-state index in [9.17, 15) is 14.9 Å². The molecule has 0 saturated carbocycles. The zero-order valence-electron chi connectivity index (χ0n) is 9.34. The lowest BCUT2D eigenvalue weighted by molar-refractivity contribution is -0.384. The van der Waals surface area contributed by atoms with Crippen molar-refractivity contribution in [2.45, 2.75) is 0 Å². The molecule has 7 nitrogen and oxygen atoms in total. The van der Waals surface area contributed by atoms with Crippen molar-refractivity contribution in [3.63, 3.8) is 0 Å². The Labute approximate surface area is 103 Å². The molecule has 0 heterocycles. The van der Waals surface area contributed by atoms with Crippen LogP contribution in [0.4, 0.5) is 11.4 Å². The van der Waals surface area contributed by atoms with E-state index in [1.165, 1.54) is 12.1 Å². The molecule has 1 aromatic rings. The molecule has 0 bridgehead atoms. The van der Waals surface area contributed by atoms with Crippen LogP contribution in [0, 0.1) is 22.5 Å². The van der Waals surface area contributed by atoms with Gasteiger partial charge in [-0.25, -0.2) is 0 Å². The maximum atomic E-state index is 11.4. The van der Waals surface area contributed by atoms with Crippen LogP contribution in [0.25, 0.3) is 0 Å². The smallest absolute Gasteiger partial charge is 0.296 e. The topological polar surface area (TPSA) is 104 Å². The van der Waals surface area contributed by atoms with Crippen molar-refractivity contribution in [1.29, 1.82) is 0 Å². The predicted molar refractivity (Wildman–Crippen MR) is 65.1 cm³/mol. The summed E-state index contributed by atoms with van der Waals surface area (Å²) in [5.74, 6) is 1.59. The Morgan fingerprint density at radius 2 is 2.28 bits per heavy atom. The summed E-state index contributed by atoms with van der Waals surface area (Å²) >= 11 is 0. The molecule has 0 saturated heterocycles. The summed E-state index contributed by atoms with van der Waals surface area (Å²) in [5.41, 5.74) is -0.356. The molecule has 0 aliphatic carbocycles. The van der Waals surface area contributed by atoms with E-state index >= 15 is 0 Å². The zero-order valence-corrected chi connectivity index (χ0v) is 9.34. The van der Waals surface area contributed by atoms with Crippen molar-refractivity contribution in [3.8, 4) is 18.1 Å². The first-order valence-electron chi connectivity index (χ1n) is 4.96. The number of nitrogens with zero attached hydrogens (tertiary/aromatic N) is 1. The Hall–Kier alpha value is -2.59. The number of anilines is 1. The molecular formula is C11H11N3O4. The van der Waals surface area contributed by atoms with Gasteiger partial charge in [0.2, 0.25) is 5.91 Å². The Balaban J connectivity index is 2.75. The SMILES string of the molecule is C#CCNCC(=O)Nc1ccc(O)cc1[N+](=O)[O-]. The van der Waals surface area contributed by atoms with E-state index in [-0.39, 0.29) is 30.2 Å². The molecule has 1 rings (SSSR count). The fourth-order valence-electron chi connectivity index (χ4n) is 1.22. The summed E-state index contributed by atoms with van der Waals surface area (Å²) in [6.07, 6.45) is 4.99. The van der Waals surface area contributed by atoms with Crippen molar-refractivity contribution < 1.29 is 14.8 Å². The molecule has 0 radical (unpaired) electrons. The van der Waals surface area contributed by atoms with Crippen molar-refractivity contribution in [1.82, 2.24) is 5.32 Å². The Morgan fingerprint density at radius 1 is 1.56 bits per heavy atom. The minimum atomic E-state index is -0.690. The van der Waals surface area contributed by atoms with Crippen molar-refractivity contribution in [2.24, 2.45) is 0 Å². The molecule has 0 unspecified atom stereocenters. The number of nitro groups is 1. The molecule has 0 aromatic heterocycles. The lowest BCUT2D eigenvalue weighted by atomic mass is 10.2. The normalized spacial score (nSPS) is 9.50. The van der Waals surface area contributed by atoms with E-state index in [4.69, 9.17) is 11.5 Å². The van der Waals surface area contributed by atoms with Gasteiger partial charge in [-0.3, -0.25) is 20.2 Å². The van der Waals surface area contributed by atoms with E-state index < -0.39 is 10.8 Å². The number of nitro benzene ring substituents is 1. The van der Waals surface area contributed by atoms with Crippen molar-refractivity contribution in [3.05, 3.63) is 28.3 Å². The molecule has 0 fully saturated rings. The third-order valence-corrected chi connectivity index (χ3v) is 1.96. The van der Waals surface area contributed by atoms with Gasteiger partial charge in [-0.15, -0.1) is 6.42 Å². The number of terminal acetylenes is 1. The molecule has 0 aliphatic heterocycles. The lowest BCUT2D eigenvalue weighted by Gasteiger charge is -2.06. The van der Waals surface area contributed by atoms with E-state index in [1.807, 2.05) is 0 Å². The number of amides is 1. The number of aromatic hydroxyl groups is 1. The second kappa shape index (κ2) is 6.22. The molecule has 94 valence electrons. The zero-order chi connectivity index (χ0) is 13.5. The number of hydrogen-bond acceptors (Lipinski definition) is 5. The maximum Gasteiger partial charge on any atom is 0.296 e. The van der Waals surface area contributed by atoms with E-state index in [0.29, 0.717) is 0 Å². The summed E-state index contributed by atoms with van der Waals surface area (Å²) in [6, 6.07) is 3.47. The van der Waals surface area contributed by atoms with Crippen molar-refractivity contribution >= 4 is 17.3 Å². The highest BCUT2D eigenvalue weighted by Gasteiger charge is 2.16. The Kier molecular flexibility index (Phi) is 4.66. The van der Waals surface area contributed by atoms with Crippen LogP contribution in [-0.2, 0) is 4.79 Å². The number of phenolic OH excluding ortho intramolecular Hbond substituents is 1. The minimum Gasteiger partial charge on any atom is -0.508 e. The number of carbonyl (C=O) groups is 1. The molecule has 3 N–H and O–H groups in total. The molecule has 0 aliphatic rings. The quantitative estimate of drug-likeness (QED) is 0.231. The van der Waals surface area contributed by atoms with Gasteiger partial charge in [0.05, 0.1) is 24.1 Å². The first kappa shape index (κ1) is 13.5. The highest BCUT2D eigenvalue weighted by molar-refractivity contribution is 5.94. The first-order chi connectivity index (χ1) is 8.54. The Bertz CT molecular complexity index is 508. The van der Waals surface area contributed by atoms with Gasteiger partial charge in [0.1, 0.15) is 11.4 Å². The van der Waals surface area contributed by atoms with Gasteiger partial charge in [0, 0.05) is 0 Å². The number of hydrogen-bond donors (Lipinski definition) is 3. The maximum absolute atomic E-state index is 11.4. The summed E-state index contributed by atoms with van der Waals surface area (Å²) < 4.78 is 0. The second-order valence-electron chi connectivity index (χ2n) is 3.31. The highest BCUT2D eigenvalue weighted by Crippen LogP contribution is 2.28. The summed E-state index contributed by atoms with van der Waals surface area (Å²) in [7, 11) is 0. The fraction of sp³-hybridized carbons (Fsp3) is 0.182. The minimum absolute atomic E-state index is 0.0188. The van der Waals surface area contributed by atoms with Crippen LogP contribution in [0.2, 0.25) is 0 Å². The van der Waals surface area contributed by atoms with Gasteiger partial charge in [0.15, 0.2) is 0 Å². The molecule has 1 amide bonds. The number of phenols is 1. The van der Waals surface area contributed by atoms with Crippen LogP contribution < -0.4 is 10.6 Å². The number of nitrogens with one attached hydrogen (secondary N) is 2. The number of benzene rings is 1. The molecule has 7 heteroatoms. The highest BCUT2D eigenvalue weighted by atomic mass is 16.6. The van der Waals surface area contributed by atoms with Crippen LogP contribution in [0.1, 0.15) is 0 Å². The monoisotopic (exact) mass is 249 g/mol. The van der Waals surface area contributed by atoms with Crippen LogP contribution in [0.3, 0.4) is 0 Å². The average Bonchev–Trinajstić information content (AvgIpc) is 2.31. The van der Waals surface area contributed by atoms with Crippen LogP contribution in [0.5, 0.6) is 5.75 Å². The van der Waals surface area contributed by atoms with Crippen molar-refractivity contribution in [2.75, 3.05) is 18.4 Å². The van der Waals surface area contributed by atoms with Gasteiger partial charge in [-0.2, -0.15) is 0 Å². The fourth-order valence-corrected chi connectivity index (χ4v) is 1.22. The van der Waals surface area contributed by atoms with E-state index in [2.05, 4.69) is 16.6 Å². The summed E-state index contributed by atoms with van der Waals surface area (Å²) in [5, 5.41) is 24.9. The predicted octanol–water partition coefficient (Wildman–Crippen LogP) is 0.462. The summed E-state index contributed by atoms with van der Waals surface area (Å²) in [6.45, 7) is 0.174. The van der Waals surface area contributed by atoms with Crippen LogP contribution >= 0.6 is 0 Å². The first-order valence-corrected chi connectivity index (χ1v) is 4.96. The molecule has 18 heavy (non-hydrogen) atoms. The molecular weight excluding hydrogens is 238 g/mol. The van der Waals surface area contributed by atoms with E-state index in [1.54, 1.807) is 0 Å². The second-order valence-corrected chi connectivity index (χ2v) is 3.31. The molecule has 0 spiro atoms. The van der Waals surface area contributed by atoms with Gasteiger partial charge < -0.3 is 10.4 Å². The van der Waals surface area contributed by atoms with Crippen LogP contribution in [-0.4, -0.2) is 29.0 Å². The largest absolute Gasteiger partial charge is 0.508 e. The third-order valence-electron chi connectivity index (χ3n) is 1.96. The lowest BCUT2D eigenvalue weighted by Crippen LogP contribution is -2.28. The molecule has 1 aromatic carbocycles. The summed E-state index contributed by atoms with van der Waals surface area (Å²) in [4.78, 5) is 21.4. The Morgan fingerprint density at radius 3 is 2.89 bits per heavy atom. The van der Waals surface area contributed by atoms with Gasteiger partial charge in [0.25, 0.3) is 5.69 Å². The number of rotatable bonds is 5.